The highest BCUT2D eigenvalue weighted by molar-refractivity contribution is 5.78. The second-order valence-corrected chi connectivity index (χ2v) is 5.63. The Labute approximate surface area is 113 Å². The first-order valence-electron chi connectivity index (χ1n) is 7.06. The van der Waals surface area contributed by atoms with E-state index >= 15 is 0 Å². The van der Waals surface area contributed by atoms with Crippen LogP contribution in [0.5, 0.6) is 0 Å². The molecule has 0 heterocycles. The number of guanidine groups is 1. The molecule has 1 aromatic rings. The molecule has 2 aliphatic carbocycles. The molecule has 0 radical (unpaired) electrons. The molecule has 3 N–H and O–H groups in total. The molecule has 19 heavy (non-hydrogen) atoms. The van der Waals surface area contributed by atoms with Gasteiger partial charge in [-0.1, -0.05) is 18.2 Å². The lowest BCUT2D eigenvalue weighted by Gasteiger charge is -2.37. The van der Waals surface area contributed by atoms with Crippen molar-refractivity contribution in [1.82, 2.24) is 5.32 Å². The summed E-state index contributed by atoms with van der Waals surface area (Å²) in [4.78, 5) is 4.43. The number of benzene rings is 1. The van der Waals surface area contributed by atoms with Crippen LogP contribution in [-0.4, -0.2) is 18.0 Å². The molecule has 102 valence electrons. The first-order chi connectivity index (χ1) is 9.22. The molecule has 0 aromatic heterocycles. The van der Waals surface area contributed by atoms with Gasteiger partial charge in [0.15, 0.2) is 5.96 Å². The van der Waals surface area contributed by atoms with E-state index in [4.69, 9.17) is 5.73 Å². The van der Waals surface area contributed by atoms with Gasteiger partial charge >= 0.3 is 0 Å². The van der Waals surface area contributed by atoms with Gasteiger partial charge in [-0.15, -0.1) is 0 Å². The molecule has 0 aliphatic heterocycles. The number of halogens is 1. The normalized spacial score (nSPS) is 27.5. The van der Waals surface area contributed by atoms with Gasteiger partial charge in [0.1, 0.15) is 5.82 Å². The zero-order chi connectivity index (χ0) is 13.2. The van der Waals surface area contributed by atoms with Gasteiger partial charge in [-0.3, -0.25) is 4.99 Å². The summed E-state index contributed by atoms with van der Waals surface area (Å²) in [6, 6.07) is 7.80. The summed E-state index contributed by atoms with van der Waals surface area (Å²) in [7, 11) is 0. The second kappa shape index (κ2) is 5.19. The Morgan fingerprint density at radius 1 is 1.26 bits per heavy atom. The van der Waals surface area contributed by atoms with Gasteiger partial charge in [-0.2, -0.15) is 0 Å². The Kier molecular flexibility index (Phi) is 3.40. The summed E-state index contributed by atoms with van der Waals surface area (Å²) in [5.74, 6) is 0.777. The van der Waals surface area contributed by atoms with Crippen LogP contribution in [0.3, 0.4) is 0 Å². The quantitative estimate of drug-likeness (QED) is 0.649. The first-order valence-corrected chi connectivity index (χ1v) is 7.06. The van der Waals surface area contributed by atoms with E-state index in [-0.39, 0.29) is 5.82 Å². The van der Waals surface area contributed by atoms with Crippen LogP contribution in [0.15, 0.2) is 29.3 Å². The number of hydrogen-bond donors (Lipinski definition) is 2. The topological polar surface area (TPSA) is 50.4 Å². The predicted molar refractivity (Wildman–Crippen MR) is 74.6 cm³/mol. The highest BCUT2D eigenvalue weighted by atomic mass is 19.1. The Morgan fingerprint density at radius 3 is 2.63 bits per heavy atom. The maximum atomic E-state index is 13.6. The Balaban J connectivity index is 1.50. The van der Waals surface area contributed by atoms with Crippen LogP contribution >= 0.6 is 0 Å². The predicted octanol–water partition coefficient (Wildman–Crippen LogP) is 2.53. The van der Waals surface area contributed by atoms with Crippen molar-refractivity contribution < 1.29 is 4.39 Å². The van der Waals surface area contributed by atoms with Crippen molar-refractivity contribution in [1.29, 1.82) is 0 Å². The smallest absolute Gasteiger partial charge is 0.189 e. The monoisotopic (exact) mass is 261 g/mol. The van der Waals surface area contributed by atoms with Crippen molar-refractivity contribution in [3.63, 3.8) is 0 Å². The standard InChI is InChI=1S/C15H20FN3/c16-14-7-2-1-6-13(14)10-8-12(9-10)19-15(17)18-11-4-3-5-11/h1-2,6-7,10-12H,3-5,8-9H2,(H3,17,18,19). The molecule has 0 spiro atoms. The molecule has 2 saturated carbocycles. The number of nitrogens with zero attached hydrogens (tertiary/aromatic N) is 1. The molecule has 0 unspecified atom stereocenters. The average molecular weight is 261 g/mol. The average Bonchev–Trinajstić information content (AvgIpc) is 2.29. The Morgan fingerprint density at radius 2 is 2.00 bits per heavy atom. The molecule has 0 saturated heterocycles. The molecule has 1 aromatic carbocycles. The van der Waals surface area contributed by atoms with E-state index in [0.29, 0.717) is 24.0 Å². The van der Waals surface area contributed by atoms with Gasteiger partial charge in [0.2, 0.25) is 0 Å². The summed E-state index contributed by atoms with van der Waals surface area (Å²) in [5, 5.41) is 3.24. The highest BCUT2D eigenvalue weighted by Gasteiger charge is 2.32. The molecule has 2 aliphatic rings. The van der Waals surface area contributed by atoms with E-state index in [1.165, 1.54) is 12.5 Å². The fourth-order valence-electron chi connectivity index (χ4n) is 2.75. The lowest BCUT2D eigenvalue weighted by atomic mass is 9.76. The zero-order valence-corrected chi connectivity index (χ0v) is 11.0. The molecule has 4 heteroatoms. The van der Waals surface area contributed by atoms with Gasteiger partial charge < -0.3 is 11.1 Å². The molecule has 3 nitrogen and oxygen atoms in total. The number of nitrogens with two attached hydrogens (primary N) is 1. The van der Waals surface area contributed by atoms with Crippen molar-refractivity contribution in [2.45, 2.75) is 50.1 Å². The van der Waals surface area contributed by atoms with Crippen molar-refractivity contribution in [3.05, 3.63) is 35.6 Å². The number of aliphatic imine (C=N–C) groups is 1. The molecule has 2 fully saturated rings. The lowest BCUT2D eigenvalue weighted by Crippen LogP contribution is -2.47. The summed E-state index contributed by atoms with van der Waals surface area (Å²) in [5.41, 5.74) is 6.70. The minimum absolute atomic E-state index is 0.0953. The van der Waals surface area contributed by atoms with Gasteiger partial charge in [-0.05, 0) is 49.7 Å². The summed E-state index contributed by atoms with van der Waals surface area (Å²) >= 11 is 0. The fourth-order valence-corrected chi connectivity index (χ4v) is 2.75. The van der Waals surface area contributed by atoms with Crippen LogP contribution in [0.25, 0.3) is 0 Å². The number of rotatable bonds is 3. The first kappa shape index (κ1) is 12.5. The third kappa shape index (κ3) is 2.72. The van der Waals surface area contributed by atoms with Crippen LogP contribution in [-0.2, 0) is 0 Å². The van der Waals surface area contributed by atoms with Gasteiger partial charge in [-0.25, -0.2) is 4.39 Å². The SMILES string of the molecule is NC(=NC1CCC1)NC1CC(c2ccccc2F)C1. The Hall–Kier alpha value is -1.58. The number of nitrogens with one attached hydrogen (secondary N) is 1. The van der Waals surface area contributed by atoms with Crippen LogP contribution in [0.4, 0.5) is 4.39 Å². The fraction of sp³-hybridized carbons (Fsp3) is 0.533. The van der Waals surface area contributed by atoms with Crippen LogP contribution in [0.1, 0.15) is 43.6 Å². The molecular formula is C15H20FN3. The third-order valence-electron chi connectivity index (χ3n) is 4.23. The van der Waals surface area contributed by atoms with Crippen molar-refractivity contribution >= 4 is 5.96 Å². The van der Waals surface area contributed by atoms with E-state index in [1.807, 2.05) is 12.1 Å². The number of hydrogen-bond acceptors (Lipinski definition) is 1. The minimum atomic E-state index is -0.0953. The van der Waals surface area contributed by atoms with E-state index in [1.54, 1.807) is 6.07 Å². The zero-order valence-electron chi connectivity index (χ0n) is 11.0. The van der Waals surface area contributed by atoms with E-state index in [9.17, 15) is 4.39 Å². The summed E-state index contributed by atoms with van der Waals surface area (Å²) in [6.07, 6.45) is 5.44. The largest absolute Gasteiger partial charge is 0.370 e. The molecular weight excluding hydrogens is 241 g/mol. The molecule has 0 bridgehead atoms. The third-order valence-corrected chi connectivity index (χ3v) is 4.23. The van der Waals surface area contributed by atoms with E-state index < -0.39 is 0 Å². The maximum absolute atomic E-state index is 13.6. The van der Waals surface area contributed by atoms with Crippen LogP contribution in [0.2, 0.25) is 0 Å². The van der Waals surface area contributed by atoms with Gasteiger partial charge in [0.05, 0.1) is 6.04 Å². The lowest BCUT2D eigenvalue weighted by molar-refractivity contribution is 0.315. The summed E-state index contributed by atoms with van der Waals surface area (Å²) < 4.78 is 13.6. The van der Waals surface area contributed by atoms with Gasteiger partial charge in [0, 0.05) is 6.04 Å². The highest BCUT2D eigenvalue weighted by Crippen LogP contribution is 2.37. The van der Waals surface area contributed by atoms with Crippen molar-refractivity contribution in [2.24, 2.45) is 10.7 Å². The second-order valence-electron chi connectivity index (χ2n) is 5.63. The minimum Gasteiger partial charge on any atom is -0.370 e. The van der Waals surface area contributed by atoms with E-state index in [0.717, 1.165) is 31.2 Å². The Bertz CT molecular complexity index is 476. The van der Waals surface area contributed by atoms with Crippen molar-refractivity contribution in [2.75, 3.05) is 0 Å². The maximum Gasteiger partial charge on any atom is 0.189 e. The van der Waals surface area contributed by atoms with E-state index in [2.05, 4.69) is 10.3 Å². The summed E-state index contributed by atoms with van der Waals surface area (Å²) in [6.45, 7) is 0. The van der Waals surface area contributed by atoms with Crippen LogP contribution in [0, 0.1) is 5.82 Å². The van der Waals surface area contributed by atoms with Crippen molar-refractivity contribution in [3.8, 4) is 0 Å². The van der Waals surface area contributed by atoms with Crippen LogP contribution < -0.4 is 11.1 Å². The molecule has 0 atom stereocenters. The van der Waals surface area contributed by atoms with Gasteiger partial charge in [0.25, 0.3) is 0 Å². The molecule has 0 amide bonds. The molecule has 3 rings (SSSR count).